The van der Waals surface area contributed by atoms with Gasteiger partial charge in [0.25, 0.3) is 0 Å². The van der Waals surface area contributed by atoms with E-state index < -0.39 is 0 Å². The molecule has 1 N–H and O–H groups in total. The molecule has 1 fully saturated rings. The topological polar surface area (TPSA) is 55.0 Å². The van der Waals surface area contributed by atoms with E-state index in [0.29, 0.717) is 12.3 Å². The summed E-state index contributed by atoms with van der Waals surface area (Å²) in [6, 6.07) is 10.3. The van der Waals surface area contributed by atoms with E-state index in [0.717, 1.165) is 18.7 Å². The van der Waals surface area contributed by atoms with E-state index in [9.17, 15) is 4.79 Å². The van der Waals surface area contributed by atoms with Crippen LogP contribution in [0.2, 0.25) is 0 Å². The Hall–Kier alpha value is -2.10. The number of aromatic amines is 1. The van der Waals surface area contributed by atoms with Gasteiger partial charge in [0.2, 0.25) is 0 Å². The van der Waals surface area contributed by atoms with Crippen molar-refractivity contribution in [2.45, 2.75) is 25.2 Å². The number of ether oxygens (including phenoxy) is 1. The molecular weight excluding hydrogens is 240 g/mol. The molecule has 0 unspecified atom stereocenters. The van der Waals surface area contributed by atoms with Gasteiger partial charge in [-0.25, -0.2) is 9.78 Å². The number of hydrogen-bond donors (Lipinski definition) is 1. The van der Waals surface area contributed by atoms with Gasteiger partial charge in [-0.2, -0.15) is 0 Å². The van der Waals surface area contributed by atoms with Crippen LogP contribution in [-0.4, -0.2) is 22.5 Å². The van der Waals surface area contributed by atoms with Crippen LogP contribution < -0.4 is 0 Å². The quantitative estimate of drug-likeness (QED) is 0.856. The number of rotatable bonds is 4. The molecule has 0 amide bonds. The van der Waals surface area contributed by atoms with E-state index in [-0.39, 0.29) is 11.4 Å². The monoisotopic (exact) mass is 256 g/mol. The molecule has 1 aromatic carbocycles. The molecule has 1 aromatic heterocycles. The molecule has 0 spiro atoms. The second-order valence-electron chi connectivity index (χ2n) is 4.81. The fraction of sp³-hybridized carbons (Fsp3) is 0.333. The molecule has 4 heteroatoms. The number of aromatic nitrogens is 2. The molecule has 1 aliphatic carbocycles. The van der Waals surface area contributed by atoms with Crippen LogP contribution >= 0.6 is 0 Å². The number of esters is 1. The first-order chi connectivity index (χ1) is 9.26. The number of nitrogens with one attached hydrogen (secondary N) is 1. The average molecular weight is 256 g/mol. The Balaban J connectivity index is 1.89. The van der Waals surface area contributed by atoms with Crippen molar-refractivity contribution >= 4 is 5.97 Å². The zero-order valence-electron chi connectivity index (χ0n) is 10.8. The highest BCUT2D eigenvalue weighted by Gasteiger charge is 2.48. The summed E-state index contributed by atoms with van der Waals surface area (Å²) in [5, 5.41) is 0. The number of nitrogens with zero attached hydrogens (tertiary/aromatic N) is 1. The zero-order valence-corrected chi connectivity index (χ0v) is 10.8. The van der Waals surface area contributed by atoms with Gasteiger partial charge in [0.1, 0.15) is 11.5 Å². The predicted molar refractivity (Wildman–Crippen MR) is 71.0 cm³/mol. The van der Waals surface area contributed by atoms with E-state index in [1.54, 1.807) is 13.1 Å². The van der Waals surface area contributed by atoms with Gasteiger partial charge in [-0.1, -0.05) is 30.3 Å². The molecule has 0 bridgehead atoms. The molecule has 3 rings (SSSR count). The first-order valence-electron chi connectivity index (χ1n) is 6.54. The molecule has 0 atom stereocenters. The van der Waals surface area contributed by atoms with E-state index in [1.165, 1.54) is 5.56 Å². The average Bonchev–Trinajstić information content (AvgIpc) is 3.10. The van der Waals surface area contributed by atoms with Crippen LogP contribution in [0.1, 0.15) is 41.6 Å². The Morgan fingerprint density at radius 3 is 2.74 bits per heavy atom. The third kappa shape index (κ3) is 2.03. The Morgan fingerprint density at radius 2 is 2.11 bits per heavy atom. The fourth-order valence-electron chi connectivity index (χ4n) is 2.42. The summed E-state index contributed by atoms with van der Waals surface area (Å²) in [6.45, 7) is 2.17. The van der Waals surface area contributed by atoms with E-state index >= 15 is 0 Å². The molecule has 0 aliphatic heterocycles. The number of imidazole rings is 1. The molecular formula is C15H16N2O2. The minimum absolute atomic E-state index is 0.0357. The predicted octanol–water partition coefficient (Wildman–Crippen LogP) is 2.67. The van der Waals surface area contributed by atoms with Crippen molar-refractivity contribution in [1.82, 2.24) is 9.97 Å². The van der Waals surface area contributed by atoms with E-state index in [1.807, 2.05) is 18.2 Å². The molecule has 1 saturated carbocycles. The smallest absolute Gasteiger partial charge is 0.356 e. The van der Waals surface area contributed by atoms with Gasteiger partial charge in [0.05, 0.1) is 18.2 Å². The zero-order chi connectivity index (χ0) is 13.3. The SMILES string of the molecule is CCOC(=O)c1cnc(C2(c3ccccc3)CC2)[nH]1. The lowest BCUT2D eigenvalue weighted by Crippen LogP contribution is -2.11. The van der Waals surface area contributed by atoms with Crippen molar-refractivity contribution in [2.75, 3.05) is 6.61 Å². The highest BCUT2D eigenvalue weighted by Crippen LogP contribution is 2.52. The Kier molecular flexibility index (Phi) is 2.85. The standard InChI is InChI=1S/C15H16N2O2/c1-2-19-13(18)12-10-16-14(17-12)15(8-9-15)11-6-4-3-5-7-11/h3-7,10H,2,8-9H2,1H3,(H,16,17). The third-order valence-corrected chi connectivity index (χ3v) is 3.60. The molecule has 98 valence electrons. The van der Waals surface area contributed by atoms with Gasteiger partial charge in [-0.3, -0.25) is 0 Å². The highest BCUT2D eigenvalue weighted by atomic mass is 16.5. The van der Waals surface area contributed by atoms with Gasteiger partial charge >= 0.3 is 5.97 Å². The lowest BCUT2D eigenvalue weighted by atomic mass is 9.95. The summed E-state index contributed by atoms with van der Waals surface area (Å²) in [4.78, 5) is 19.1. The second-order valence-corrected chi connectivity index (χ2v) is 4.81. The molecule has 4 nitrogen and oxygen atoms in total. The van der Waals surface area contributed by atoms with Crippen molar-refractivity contribution in [3.63, 3.8) is 0 Å². The van der Waals surface area contributed by atoms with Crippen molar-refractivity contribution in [1.29, 1.82) is 0 Å². The molecule has 2 aromatic rings. The molecule has 1 aliphatic rings. The summed E-state index contributed by atoms with van der Waals surface area (Å²) >= 11 is 0. The van der Waals surface area contributed by atoms with Gasteiger partial charge in [0, 0.05) is 0 Å². The maximum Gasteiger partial charge on any atom is 0.356 e. The molecule has 19 heavy (non-hydrogen) atoms. The van der Waals surface area contributed by atoms with Crippen LogP contribution in [0, 0.1) is 0 Å². The van der Waals surface area contributed by atoms with E-state index in [4.69, 9.17) is 4.74 Å². The molecule has 1 heterocycles. The van der Waals surface area contributed by atoms with Crippen LogP contribution in [0.4, 0.5) is 0 Å². The first-order valence-corrected chi connectivity index (χ1v) is 6.54. The normalized spacial score (nSPS) is 16.1. The summed E-state index contributed by atoms with van der Waals surface area (Å²) in [5.74, 6) is 0.520. The van der Waals surface area contributed by atoms with E-state index in [2.05, 4.69) is 22.1 Å². The van der Waals surface area contributed by atoms with Crippen LogP contribution in [0.15, 0.2) is 36.5 Å². The van der Waals surface area contributed by atoms with Crippen molar-refractivity contribution in [3.8, 4) is 0 Å². The number of carbonyl (C=O) groups is 1. The van der Waals surface area contributed by atoms with Crippen molar-refractivity contribution in [2.24, 2.45) is 0 Å². The van der Waals surface area contributed by atoms with Crippen molar-refractivity contribution in [3.05, 3.63) is 53.6 Å². The lowest BCUT2D eigenvalue weighted by Gasteiger charge is -2.12. The van der Waals surface area contributed by atoms with Crippen LogP contribution in [0.5, 0.6) is 0 Å². The minimum Gasteiger partial charge on any atom is -0.461 e. The highest BCUT2D eigenvalue weighted by molar-refractivity contribution is 5.87. The molecule has 0 saturated heterocycles. The number of H-pyrrole nitrogens is 1. The van der Waals surface area contributed by atoms with Gasteiger partial charge in [-0.15, -0.1) is 0 Å². The van der Waals surface area contributed by atoms with Crippen LogP contribution in [0.25, 0.3) is 0 Å². The maximum absolute atomic E-state index is 11.6. The maximum atomic E-state index is 11.6. The lowest BCUT2D eigenvalue weighted by molar-refractivity contribution is 0.0520. The number of carbonyl (C=O) groups excluding carboxylic acids is 1. The van der Waals surface area contributed by atoms with Gasteiger partial charge in [0.15, 0.2) is 0 Å². The third-order valence-electron chi connectivity index (χ3n) is 3.60. The minimum atomic E-state index is -0.342. The second kappa shape index (κ2) is 4.53. The van der Waals surface area contributed by atoms with Crippen molar-refractivity contribution < 1.29 is 9.53 Å². The summed E-state index contributed by atoms with van der Waals surface area (Å²) in [5.41, 5.74) is 1.64. The summed E-state index contributed by atoms with van der Waals surface area (Å²) in [7, 11) is 0. The van der Waals surface area contributed by atoms with Crippen LogP contribution in [-0.2, 0) is 10.2 Å². The van der Waals surface area contributed by atoms with Gasteiger partial charge in [-0.05, 0) is 25.3 Å². The number of hydrogen-bond acceptors (Lipinski definition) is 3. The Labute approximate surface area is 111 Å². The summed E-state index contributed by atoms with van der Waals surface area (Å²) in [6.07, 6.45) is 3.69. The van der Waals surface area contributed by atoms with Gasteiger partial charge < -0.3 is 9.72 Å². The molecule has 0 radical (unpaired) electrons. The summed E-state index contributed by atoms with van der Waals surface area (Å²) < 4.78 is 4.97. The van der Waals surface area contributed by atoms with Crippen LogP contribution in [0.3, 0.4) is 0 Å². The first kappa shape index (κ1) is 12.0. The Morgan fingerprint density at radius 1 is 1.37 bits per heavy atom. The Bertz CT molecular complexity index is 585. The fourth-order valence-corrected chi connectivity index (χ4v) is 2.42. The number of benzene rings is 1. The largest absolute Gasteiger partial charge is 0.461 e.